The van der Waals surface area contributed by atoms with Crippen LogP contribution in [0.3, 0.4) is 0 Å². The van der Waals surface area contributed by atoms with Gasteiger partial charge in [0.05, 0.1) is 0 Å². The number of piperidine rings is 1. The maximum atomic E-state index is 11.8. The van der Waals surface area contributed by atoms with Gasteiger partial charge in [-0.15, -0.1) is 0 Å². The first-order valence-electron chi connectivity index (χ1n) is 8.16. The van der Waals surface area contributed by atoms with Gasteiger partial charge in [0, 0.05) is 23.2 Å². The number of halogens is 1. The summed E-state index contributed by atoms with van der Waals surface area (Å²) in [5, 5.41) is 5.75. The SMILES string of the molecule is C[C@@H]1CCCN(CCCCNC(=O)Nc2ccc(Br)cc2)C1. The van der Waals surface area contributed by atoms with Crippen LogP contribution in [0.5, 0.6) is 0 Å². The predicted molar refractivity (Wildman–Crippen MR) is 95.2 cm³/mol. The number of urea groups is 1. The van der Waals surface area contributed by atoms with Crippen molar-refractivity contribution >= 4 is 27.6 Å². The lowest BCUT2D eigenvalue weighted by Crippen LogP contribution is -2.35. The smallest absolute Gasteiger partial charge is 0.319 e. The summed E-state index contributed by atoms with van der Waals surface area (Å²) in [4.78, 5) is 14.3. The molecule has 1 atom stereocenters. The van der Waals surface area contributed by atoms with E-state index in [1.165, 1.54) is 25.9 Å². The van der Waals surface area contributed by atoms with Crippen molar-refractivity contribution in [3.05, 3.63) is 28.7 Å². The van der Waals surface area contributed by atoms with Crippen molar-refractivity contribution in [3.63, 3.8) is 0 Å². The lowest BCUT2D eigenvalue weighted by molar-refractivity contribution is 0.181. The molecule has 4 nitrogen and oxygen atoms in total. The van der Waals surface area contributed by atoms with Gasteiger partial charge in [0.2, 0.25) is 0 Å². The molecule has 2 rings (SSSR count). The Kier molecular flexibility index (Phi) is 7.19. The van der Waals surface area contributed by atoms with Crippen LogP contribution in [0.1, 0.15) is 32.6 Å². The van der Waals surface area contributed by atoms with Gasteiger partial charge in [-0.1, -0.05) is 22.9 Å². The average Bonchev–Trinajstić information content (AvgIpc) is 2.49. The van der Waals surface area contributed by atoms with E-state index in [1.54, 1.807) is 0 Å². The molecule has 0 bridgehead atoms. The Hall–Kier alpha value is -1.07. The molecule has 0 aliphatic carbocycles. The van der Waals surface area contributed by atoms with Gasteiger partial charge in [0.15, 0.2) is 0 Å². The summed E-state index contributed by atoms with van der Waals surface area (Å²) >= 11 is 3.37. The number of likely N-dealkylation sites (tertiary alicyclic amines) is 1. The molecule has 1 aliphatic heterocycles. The van der Waals surface area contributed by atoms with Crippen molar-refractivity contribution in [3.8, 4) is 0 Å². The minimum atomic E-state index is -0.131. The van der Waals surface area contributed by atoms with Crippen LogP contribution in [0.25, 0.3) is 0 Å². The Bertz CT molecular complexity index is 463. The third kappa shape index (κ3) is 6.36. The molecule has 22 heavy (non-hydrogen) atoms. The fourth-order valence-electron chi connectivity index (χ4n) is 2.86. The van der Waals surface area contributed by atoms with E-state index in [0.29, 0.717) is 0 Å². The minimum Gasteiger partial charge on any atom is -0.338 e. The Balaban J connectivity index is 1.54. The fraction of sp³-hybridized carbons (Fsp3) is 0.588. The summed E-state index contributed by atoms with van der Waals surface area (Å²) in [6.45, 7) is 6.69. The van der Waals surface area contributed by atoms with Gasteiger partial charge < -0.3 is 15.5 Å². The van der Waals surface area contributed by atoms with Gasteiger partial charge in [0.1, 0.15) is 0 Å². The van der Waals surface area contributed by atoms with Crippen LogP contribution < -0.4 is 10.6 Å². The molecule has 0 spiro atoms. The molecule has 0 aromatic heterocycles. The summed E-state index contributed by atoms with van der Waals surface area (Å²) in [5.74, 6) is 0.837. The maximum absolute atomic E-state index is 11.8. The molecular formula is C17H26BrN3O. The summed E-state index contributed by atoms with van der Waals surface area (Å²) in [6.07, 6.45) is 4.87. The Labute approximate surface area is 141 Å². The van der Waals surface area contributed by atoms with Crippen LogP contribution in [0.15, 0.2) is 28.7 Å². The summed E-state index contributed by atoms with van der Waals surface area (Å²) in [7, 11) is 0. The highest BCUT2D eigenvalue weighted by molar-refractivity contribution is 9.10. The summed E-state index contributed by atoms with van der Waals surface area (Å²) in [6, 6.07) is 7.45. The third-order valence-electron chi connectivity index (χ3n) is 4.03. The Morgan fingerprint density at radius 3 is 2.82 bits per heavy atom. The van der Waals surface area contributed by atoms with Crippen LogP contribution in [-0.4, -0.2) is 37.1 Å². The highest BCUT2D eigenvalue weighted by Gasteiger charge is 2.15. The largest absolute Gasteiger partial charge is 0.338 e. The zero-order chi connectivity index (χ0) is 15.8. The topological polar surface area (TPSA) is 44.4 Å². The van der Waals surface area contributed by atoms with E-state index in [-0.39, 0.29) is 6.03 Å². The van der Waals surface area contributed by atoms with Crippen molar-refractivity contribution in [2.45, 2.75) is 32.6 Å². The standard InChI is InChI=1S/C17H26BrN3O/c1-14-5-4-12-21(13-14)11-3-2-10-19-17(22)20-16-8-6-15(18)7-9-16/h6-9,14H,2-5,10-13H2,1H3,(H2,19,20,22)/t14-/m1/s1. The number of carbonyl (C=O) groups is 1. The molecule has 0 saturated carbocycles. The van der Waals surface area contributed by atoms with Gasteiger partial charge in [0.25, 0.3) is 0 Å². The van der Waals surface area contributed by atoms with Gasteiger partial charge in [-0.25, -0.2) is 4.79 Å². The molecule has 1 fully saturated rings. The summed E-state index contributed by atoms with van der Waals surface area (Å²) in [5.41, 5.74) is 0.808. The lowest BCUT2D eigenvalue weighted by atomic mass is 10.0. The third-order valence-corrected chi connectivity index (χ3v) is 4.56. The van der Waals surface area contributed by atoms with Crippen molar-refractivity contribution in [2.24, 2.45) is 5.92 Å². The predicted octanol–water partition coefficient (Wildman–Crippen LogP) is 4.08. The highest BCUT2D eigenvalue weighted by atomic mass is 79.9. The number of anilines is 1. The molecule has 1 aliphatic rings. The number of rotatable bonds is 6. The number of carbonyl (C=O) groups excluding carboxylic acids is 1. The van der Waals surface area contributed by atoms with Crippen LogP contribution in [-0.2, 0) is 0 Å². The number of nitrogens with one attached hydrogen (secondary N) is 2. The number of benzene rings is 1. The number of amides is 2. The Morgan fingerprint density at radius 1 is 1.32 bits per heavy atom. The molecule has 0 radical (unpaired) electrons. The zero-order valence-corrected chi connectivity index (χ0v) is 14.9. The zero-order valence-electron chi connectivity index (χ0n) is 13.3. The molecule has 1 heterocycles. The molecule has 1 aromatic carbocycles. The fourth-order valence-corrected chi connectivity index (χ4v) is 3.12. The van der Waals surface area contributed by atoms with Crippen molar-refractivity contribution in [1.29, 1.82) is 0 Å². The van der Waals surface area contributed by atoms with Crippen molar-refractivity contribution < 1.29 is 4.79 Å². The van der Waals surface area contributed by atoms with Gasteiger partial charge in [-0.3, -0.25) is 0 Å². The van der Waals surface area contributed by atoms with E-state index < -0.39 is 0 Å². The molecule has 0 unspecified atom stereocenters. The van der Waals surface area contributed by atoms with Gasteiger partial charge in [-0.05, 0) is 69.0 Å². The number of nitrogens with zero attached hydrogens (tertiary/aromatic N) is 1. The molecule has 1 saturated heterocycles. The summed E-state index contributed by atoms with van der Waals surface area (Å²) < 4.78 is 1.01. The molecular weight excluding hydrogens is 342 g/mol. The molecule has 2 amide bonds. The minimum absolute atomic E-state index is 0.131. The number of unbranched alkanes of at least 4 members (excludes halogenated alkanes) is 1. The van der Waals surface area contributed by atoms with Crippen molar-refractivity contribution in [1.82, 2.24) is 10.2 Å². The molecule has 1 aromatic rings. The molecule has 5 heteroatoms. The van der Waals surface area contributed by atoms with E-state index in [4.69, 9.17) is 0 Å². The molecule has 2 N–H and O–H groups in total. The lowest BCUT2D eigenvalue weighted by Gasteiger charge is -2.30. The van der Waals surface area contributed by atoms with E-state index >= 15 is 0 Å². The first-order valence-corrected chi connectivity index (χ1v) is 8.95. The van der Waals surface area contributed by atoms with Crippen LogP contribution in [0.4, 0.5) is 10.5 Å². The van der Waals surface area contributed by atoms with Crippen molar-refractivity contribution in [2.75, 3.05) is 31.5 Å². The van der Waals surface area contributed by atoms with E-state index in [1.807, 2.05) is 24.3 Å². The Morgan fingerprint density at radius 2 is 2.09 bits per heavy atom. The first-order chi connectivity index (χ1) is 10.6. The van der Waals surface area contributed by atoms with E-state index in [2.05, 4.69) is 38.4 Å². The maximum Gasteiger partial charge on any atom is 0.319 e. The van der Waals surface area contributed by atoms with Crippen LogP contribution >= 0.6 is 15.9 Å². The number of hydrogen-bond donors (Lipinski definition) is 2. The number of hydrogen-bond acceptors (Lipinski definition) is 2. The first kappa shape index (κ1) is 17.3. The van der Waals surface area contributed by atoms with E-state index in [0.717, 1.165) is 42.0 Å². The van der Waals surface area contributed by atoms with Gasteiger partial charge >= 0.3 is 6.03 Å². The highest BCUT2D eigenvalue weighted by Crippen LogP contribution is 2.16. The van der Waals surface area contributed by atoms with Crippen LogP contribution in [0, 0.1) is 5.92 Å². The second kappa shape index (κ2) is 9.16. The second-order valence-electron chi connectivity index (χ2n) is 6.14. The normalized spacial score (nSPS) is 18.9. The second-order valence-corrected chi connectivity index (χ2v) is 7.06. The average molecular weight is 368 g/mol. The van der Waals surface area contributed by atoms with E-state index in [9.17, 15) is 4.79 Å². The monoisotopic (exact) mass is 367 g/mol. The quantitative estimate of drug-likeness (QED) is 0.743. The molecule has 122 valence electrons. The van der Waals surface area contributed by atoms with Crippen LogP contribution in [0.2, 0.25) is 0 Å². The van der Waals surface area contributed by atoms with Gasteiger partial charge in [-0.2, -0.15) is 0 Å².